The zero-order valence-electron chi connectivity index (χ0n) is 20.6. The molecule has 5 heteroatoms. The molecule has 0 spiro atoms. The monoisotopic (exact) mass is 447 g/mol. The van der Waals surface area contributed by atoms with Crippen molar-refractivity contribution >= 4 is 12.9 Å². The fraction of sp³-hybridized carbons (Fsp3) is 0.926. The Kier molecular flexibility index (Phi) is 6.96. The maximum absolute atomic E-state index is 11.7. The van der Waals surface area contributed by atoms with Gasteiger partial charge in [0, 0.05) is 5.92 Å². The number of carbonyl (C=O) groups is 2. The molecule has 0 aromatic rings. The van der Waals surface area contributed by atoms with Crippen molar-refractivity contribution in [3.8, 4) is 0 Å². The average molecular weight is 448 g/mol. The molecule has 0 radical (unpaired) electrons. The zero-order valence-corrected chi connectivity index (χ0v) is 20.6. The normalized spacial score (nSPS) is 48.7. The van der Waals surface area contributed by atoms with Crippen LogP contribution in [0, 0.1) is 52.3 Å². The summed E-state index contributed by atoms with van der Waals surface area (Å²) in [5.74, 6) is 3.80. The fourth-order valence-corrected chi connectivity index (χ4v) is 9.80. The smallest absolute Gasteiger partial charge is 0.293 e. The lowest BCUT2D eigenvalue weighted by molar-refractivity contribution is -0.213. The Labute approximate surface area is 194 Å². The van der Waals surface area contributed by atoms with Gasteiger partial charge in [-0.3, -0.25) is 9.59 Å². The molecule has 5 nitrogen and oxygen atoms in total. The third kappa shape index (κ3) is 3.61. The van der Waals surface area contributed by atoms with Crippen molar-refractivity contribution in [2.45, 2.75) is 97.7 Å². The first kappa shape index (κ1) is 24.0. The van der Waals surface area contributed by atoms with E-state index in [1.165, 1.54) is 25.7 Å². The molecule has 11 atom stereocenters. The maximum Gasteiger partial charge on any atom is 0.293 e. The summed E-state index contributed by atoms with van der Waals surface area (Å²) < 4.78 is 11.5. The van der Waals surface area contributed by atoms with Crippen LogP contribution in [-0.2, 0) is 19.1 Å². The summed E-state index contributed by atoms with van der Waals surface area (Å²) in [6, 6.07) is 0. The summed E-state index contributed by atoms with van der Waals surface area (Å²) in [7, 11) is 0. The predicted octanol–water partition coefficient (Wildman–Crippen LogP) is 4.96. The van der Waals surface area contributed by atoms with E-state index in [1.54, 1.807) is 0 Å². The topological polar surface area (TPSA) is 78.6 Å². The van der Waals surface area contributed by atoms with Gasteiger partial charge in [-0.25, -0.2) is 0 Å². The average Bonchev–Trinajstić information content (AvgIpc) is 3.12. The molecule has 0 saturated heterocycles. The molecule has 182 valence electrons. The van der Waals surface area contributed by atoms with Crippen molar-refractivity contribution in [2.75, 3.05) is 6.54 Å². The Balaban J connectivity index is 1.69. The first-order valence-corrected chi connectivity index (χ1v) is 13.2. The highest BCUT2D eigenvalue weighted by Gasteiger charge is 2.65. The number of fused-ring (bicyclic) bond motifs is 5. The third-order valence-electron chi connectivity index (χ3n) is 11.2. The second-order valence-electron chi connectivity index (χ2n) is 12.1. The van der Waals surface area contributed by atoms with Gasteiger partial charge in [-0.2, -0.15) is 0 Å². The molecule has 1 unspecified atom stereocenters. The Morgan fingerprint density at radius 2 is 1.66 bits per heavy atom. The summed E-state index contributed by atoms with van der Waals surface area (Å²) in [6.07, 6.45) is 10.1. The lowest BCUT2D eigenvalue weighted by Gasteiger charge is -2.65. The minimum absolute atomic E-state index is 0.00915. The summed E-state index contributed by atoms with van der Waals surface area (Å²) in [5, 5.41) is 0. The molecule has 0 aromatic heterocycles. The van der Waals surface area contributed by atoms with Crippen LogP contribution in [0.15, 0.2) is 0 Å². The predicted molar refractivity (Wildman–Crippen MR) is 124 cm³/mol. The van der Waals surface area contributed by atoms with E-state index in [4.69, 9.17) is 15.2 Å². The Morgan fingerprint density at radius 3 is 2.31 bits per heavy atom. The molecule has 32 heavy (non-hydrogen) atoms. The summed E-state index contributed by atoms with van der Waals surface area (Å²) in [6.45, 7) is 11.8. The van der Waals surface area contributed by atoms with Crippen LogP contribution >= 0.6 is 0 Å². The van der Waals surface area contributed by atoms with Gasteiger partial charge >= 0.3 is 0 Å². The van der Waals surface area contributed by atoms with E-state index < -0.39 is 0 Å². The van der Waals surface area contributed by atoms with Crippen LogP contribution in [0.25, 0.3) is 0 Å². The quantitative estimate of drug-likeness (QED) is 0.532. The van der Waals surface area contributed by atoms with Gasteiger partial charge in [0.05, 0.1) is 0 Å². The van der Waals surface area contributed by atoms with Crippen molar-refractivity contribution in [3.05, 3.63) is 0 Å². The minimum Gasteiger partial charge on any atom is -0.465 e. The van der Waals surface area contributed by atoms with Gasteiger partial charge in [-0.15, -0.1) is 0 Å². The van der Waals surface area contributed by atoms with Crippen LogP contribution in [-0.4, -0.2) is 31.7 Å². The lowest BCUT2D eigenvalue weighted by atomic mass is 9.41. The van der Waals surface area contributed by atoms with E-state index in [-0.39, 0.29) is 17.6 Å². The zero-order chi connectivity index (χ0) is 23.1. The molecule has 0 bridgehead atoms. The van der Waals surface area contributed by atoms with Gasteiger partial charge in [-0.1, -0.05) is 27.7 Å². The number of nitrogens with two attached hydrogens (primary N) is 1. The van der Waals surface area contributed by atoms with Crippen LogP contribution in [0.4, 0.5) is 0 Å². The molecule has 2 N–H and O–H groups in total. The highest BCUT2D eigenvalue weighted by Crippen LogP contribution is 2.70. The molecule has 4 rings (SSSR count). The second-order valence-corrected chi connectivity index (χ2v) is 12.1. The first-order chi connectivity index (χ1) is 15.4. The number of carbonyl (C=O) groups excluding carboxylic acids is 2. The van der Waals surface area contributed by atoms with Gasteiger partial charge in [0.2, 0.25) is 0 Å². The second kappa shape index (κ2) is 9.27. The molecular formula is C27H45NO4. The van der Waals surface area contributed by atoms with Crippen LogP contribution in [0.1, 0.15) is 85.5 Å². The van der Waals surface area contributed by atoms with Crippen molar-refractivity contribution in [3.63, 3.8) is 0 Å². The molecular weight excluding hydrogens is 402 g/mol. The Bertz CT molecular complexity index is 685. The van der Waals surface area contributed by atoms with E-state index in [9.17, 15) is 9.59 Å². The number of hydrogen-bond acceptors (Lipinski definition) is 5. The van der Waals surface area contributed by atoms with Crippen LogP contribution in [0.3, 0.4) is 0 Å². The fourth-order valence-electron chi connectivity index (χ4n) is 9.80. The van der Waals surface area contributed by atoms with Crippen LogP contribution in [0.5, 0.6) is 0 Å². The van der Waals surface area contributed by atoms with Crippen LogP contribution < -0.4 is 5.73 Å². The largest absolute Gasteiger partial charge is 0.465 e. The number of hydrogen-bond donors (Lipinski definition) is 1. The van der Waals surface area contributed by atoms with E-state index >= 15 is 0 Å². The summed E-state index contributed by atoms with van der Waals surface area (Å²) >= 11 is 0. The van der Waals surface area contributed by atoms with Gasteiger partial charge in [0.1, 0.15) is 12.2 Å². The third-order valence-corrected chi connectivity index (χ3v) is 11.2. The lowest BCUT2D eigenvalue weighted by Crippen LogP contribution is -2.62. The van der Waals surface area contributed by atoms with Crippen molar-refractivity contribution in [2.24, 2.45) is 58.0 Å². The van der Waals surface area contributed by atoms with Gasteiger partial charge < -0.3 is 15.2 Å². The van der Waals surface area contributed by atoms with Crippen molar-refractivity contribution < 1.29 is 19.1 Å². The van der Waals surface area contributed by atoms with Gasteiger partial charge in [-0.05, 0) is 111 Å². The van der Waals surface area contributed by atoms with Gasteiger partial charge in [0.15, 0.2) is 0 Å². The number of rotatable bonds is 8. The minimum atomic E-state index is -0.0104. The Hall–Kier alpha value is -1.10. The number of ether oxygens (including phenoxy) is 2. The summed E-state index contributed by atoms with van der Waals surface area (Å²) in [4.78, 5) is 22.8. The maximum atomic E-state index is 11.7. The van der Waals surface area contributed by atoms with Crippen LogP contribution in [0.2, 0.25) is 0 Å². The highest BCUT2D eigenvalue weighted by molar-refractivity contribution is 5.38. The molecule has 0 aromatic carbocycles. The molecule has 4 saturated carbocycles. The van der Waals surface area contributed by atoms with E-state index in [0.717, 1.165) is 44.6 Å². The van der Waals surface area contributed by atoms with E-state index in [2.05, 4.69) is 27.7 Å². The molecule has 4 aliphatic carbocycles. The molecule has 0 amide bonds. The van der Waals surface area contributed by atoms with Crippen molar-refractivity contribution in [1.29, 1.82) is 0 Å². The first-order valence-electron chi connectivity index (χ1n) is 13.2. The molecule has 4 fully saturated rings. The van der Waals surface area contributed by atoms with E-state index in [0.29, 0.717) is 53.9 Å². The molecule has 0 heterocycles. The highest BCUT2D eigenvalue weighted by atomic mass is 16.5. The standard InChI is InChI=1S/C27H45NO4/c1-5-19-23-14-18(31-15-29)8-11-27(23,4)22-9-12-26(3)20(17(2)10-13-28)6-7-21(26)24(22)25(19)32-16-30/h15-25H,5-14,28H2,1-4H3/t17-,18-,19-,20?,21+,22+,23+,24+,25-,26-,27-/m1/s1. The van der Waals surface area contributed by atoms with E-state index in [1.807, 2.05) is 0 Å². The summed E-state index contributed by atoms with van der Waals surface area (Å²) in [5.41, 5.74) is 6.50. The SMILES string of the molecule is CC[C@H]1[C@@H](OC=O)[C@@H]2[C@H](CC[C@]3(C)C([C@H](C)CCN)CC[C@@H]23)[C@@]2(C)CC[C@@H](OC=O)C[C@@H]12. The molecule has 0 aliphatic heterocycles. The Morgan fingerprint density at radius 1 is 0.969 bits per heavy atom. The molecule has 4 aliphatic rings. The van der Waals surface area contributed by atoms with Gasteiger partial charge in [0.25, 0.3) is 12.9 Å². The van der Waals surface area contributed by atoms with Crippen molar-refractivity contribution in [1.82, 2.24) is 0 Å².